The van der Waals surface area contributed by atoms with E-state index in [4.69, 9.17) is 14.2 Å². The number of hydrogen-bond acceptors (Lipinski definition) is 10. The van der Waals surface area contributed by atoms with Crippen LogP contribution in [0.15, 0.2) is 158 Å². The molecule has 0 aromatic carbocycles. The van der Waals surface area contributed by atoms with Crippen molar-refractivity contribution in [1.29, 1.82) is 0 Å². The van der Waals surface area contributed by atoms with Gasteiger partial charge >= 0.3 is 5.97 Å². The molecule has 1 rings (SSSR count). The molecule has 11 heteroatoms. The number of amides is 1. The SMILES string of the molecule is CC/C=C\C/C=C\C/C=C\C/C=C\C/C=C\C/C=C\CCCCCCC(=O)OC1C(OCC(NC(=O)C(O)CCCCC/C=C\C/C=C\C/C=C\C/C=C\C/C=C\C/C=C\CC)C(O)/C=C/CCCCCCCCCCCC)OC(CO)C(O)C1O. The Kier molecular flexibility index (Phi) is 55.8. The Morgan fingerprint density at radius 2 is 0.837 bits per heavy atom. The smallest absolute Gasteiger partial charge is 0.306 e. The number of nitrogens with one attached hydrogen (secondary N) is 1. The van der Waals surface area contributed by atoms with E-state index in [1.54, 1.807) is 6.08 Å². The first kappa shape index (κ1) is 79.3. The van der Waals surface area contributed by atoms with Crippen LogP contribution in [0.5, 0.6) is 0 Å². The fourth-order valence-electron chi connectivity index (χ4n) is 9.42. The highest BCUT2D eigenvalue weighted by atomic mass is 16.7. The Morgan fingerprint density at radius 3 is 1.26 bits per heavy atom. The van der Waals surface area contributed by atoms with Crippen molar-refractivity contribution in [2.24, 2.45) is 0 Å². The summed E-state index contributed by atoms with van der Waals surface area (Å²) < 4.78 is 17.6. The van der Waals surface area contributed by atoms with Crippen LogP contribution in [-0.2, 0) is 23.8 Å². The highest BCUT2D eigenvalue weighted by molar-refractivity contribution is 5.80. The topological polar surface area (TPSA) is 175 Å². The summed E-state index contributed by atoms with van der Waals surface area (Å²) in [6.45, 7) is 5.52. The van der Waals surface area contributed by atoms with E-state index in [9.17, 15) is 35.1 Å². The molecule has 0 aromatic heterocycles. The standard InChI is InChI=1S/C75H121NO10/c1-4-7-10-13-16-19-22-25-27-29-31-33-35-37-39-41-43-45-48-51-54-57-60-63-70(80)86-73-72(82)71(81)69(64-77)85-75(73)84-65-66(67(78)61-58-55-52-49-46-24-21-18-15-12-9-6-3)76-74(83)68(79)62-59-56-53-50-47-44-42-40-38-36-34-32-30-28-26-23-20-17-14-11-8-5-2/h7-8,10-11,16-17,19-20,25-28,31-34,37-40,43-45,47,58,61,66-69,71-73,75,77-79,81-82H,4-6,9,12-15,18,21-24,29-30,35-36,41-42,46,48-57,59-60,62-65H2,1-3H3,(H,76,83)/b10-7-,11-8-,19-16-,20-17-,27-25-,28-26-,33-31-,34-32-,39-37-,40-38-,45-43-,47-44-,61-58+. The van der Waals surface area contributed by atoms with Gasteiger partial charge in [-0.1, -0.05) is 262 Å². The largest absolute Gasteiger partial charge is 0.454 e. The van der Waals surface area contributed by atoms with Gasteiger partial charge in [-0.05, 0) is 128 Å². The average Bonchev–Trinajstić information content (AvgIpc) is 3.39. The van der Waals surface area contributed by atoms with Crippen LogP contribution >= 0.6 is 0 Å². The van der Waals surface area contributed by atoms with Crippen LogP contribution in [0.2, 0.25) is 0 Å². The summed E-state index contributed by atoms with van der Waals surface area (Å²) >= 11 is 0. The number of aliphatic hydroxyl groups excluding tert-OH is 5. The second-order valence-corrected chi connectivity index (χ2v) is 22.4. The van der Waals surface area contributed by atoms with Gasteiger partial charge in [-0.25, -0.2) is 0 Å². The minimum atomic E-state index is -1.64. The number of rotatable bonds is 55. The number of carbonyl (C=O) groups is 2. The molecule has 0 saturated carbocycles. The lowest BCUT2D eigenvalue weighted by Gasteiger charge is -2.41. The molecule has 486 valence electrons. The molecule has 0 aliphatic carbocycles. The molecule has 8 atom stereocenters. The molecule has 1 aliphatic heterocycles. The Morgan fingerprint density at radius 1 is 0.465 bits per heavy atom. The lowest BCUT2D eigenvalue weighted by molar-refractivity contribution is -0.305. The molecule has 11 nitrogen and oxygen atoms in total. The van der Waals surface area contributed by atoms with Crippen LogP contribution < -0.4 is 5.32 Å². The first-order valence-electron chi connectivity index (χ1n) is 33.8. The van der Waals surface area contributed by atoms with E-state index in [-0.39, 0.29) is 19.4 Å². The second kappa shape index (κ2) is 60.6. The molecule has 1 saturated heterocycles. The van der Waals surface area contributed by atoms with Crippen LogP contribution in [0.4, 0.5) is 0 Å². The molecule has 86 heavy (non-hydrogen) atoms. The van der Waals surface area contributed by atoms with Gasteiger partial charge in [0.15, 0.2) is 12.4 Å². The minimum Gasteiger partial charge on any atom is -0.454 e. The van der Waals surface area contributed by atoms with Crippen LogP contribution in [-0.4, -0.2) is 99.6 Å². The van der Waals surface area contributed by atoms with Gasteiger partial charge in [-0.15, -0.1) is 0 Å². The predicted octanol–water partition coefficient (Wildman–Crippen LogP) is 17.1. The average molecular weight is 1200 g/mol. The number of ether oxygens (including phenoxy) is 3. The number of hydrogen-bond donors (Lipinski definition) is 6. The van der Waals surface area contributed by atoms with E-state index in [1.807, 2.05) is 6.08 Å². The summed E-state index contributed by atoms with van der Waals surface area (Å²) in [7, 11) is 0. The third-order valence-corrected chi connectivity index (χ3v) is 14.7. The summed E-state index contributed by atoms with van der Waals surface area (Å²) in [6, 6.07) is -1.06. The predicted molar refractivity (Wildman–Crippen MR) is 360 cm³/mol. The normalized spacial score (nSPS) is 19.4. The van der Waals surface area contributed by atoms with E-state index in [0.29, 0.717) is 12.8 Å². The zero-order chi connectivity index (χ0) is 62.4. The molecule has 0 radical (unpaired) electrons. The molecule has 0 bridgehead atoms. The van der Waals surface area contributed by atoms with Crippen LogP contribution in [0.25, 0.3) is 0 Å². The van der Waals surface area contributed by atoms with E-state index in [1.165, 1.54) is 44.9 Å². The lowest BCUT2D eigenvalue weighted by Crippen LogP contribution is -2.61. The Balaban J connectivity index is 2.68. The van der Waals surface area contributed by atoms with Gasteiger partial charge in [0.25, 0.3) is 0 Å². The third kappa shape index (κ3) is 47.4. The van der Waals surface area contributed by atoms with Crippen molar-refractivity contribution in [1.82, 2.24) is 5.32 Å². The van der Waals surface area contributed by atoms with E-state index in [2.05, 4.69) is 172 Å². The van der Waals surface area contributed by atoms with Crippen LogP contribution in [0.1, 0.15) is 239 Å². The van der Waals surface area contributed by atoms with Gasteiger partial charge in [0, 0.05) is 6.42 Å². The Hall–Kier alpha value is -4.72. The summed E-state index contributed by atoms with van der Waals surface area (Å²) in [5, 5.41) is 57.1. The molecular weight excluding hydrogens is 1070 g/mol. The van der Waals surface area contributed by atoms with Gasteiger partial charge in [-0.2, -0.15) is 0 Å². The van der Waals surface area contributed by atoms with E-state index >= 15 is 0 Å². The van der Waals surface area contributed by atoms with Crippen molar-refractivity contribution in [2.45, 2.75) is 288 Å². The Bertz CT molecular complexity index is 2010. The molecule has 0 spiro atoms. The van der Waals surface area contributed by atoms with Crippen molar-refractivity contribution in [3.8, 4) is 0 Å². The van der Waals surface area contributed by atoms with E-state index < -0.39 is 67.4 Å². The number of carbonyl (C=O) groups excluding carboxylic acids is 2. The number of allylic oxidation sites excluding steroid dienone is 25. The number of unbranched alkanes of at least 4 members (excludes halogenated alkanes) is 17. The summed E-state index contributed by atoms with van der Waals surface area (Å²) in [6.07, 6.45) is 78.4. The maximum absolute atomic E-state index is 13.5. The molecule has 1 aliphatic rings. The molecular formula is C75H121NO10. The molecule has 1 fully saturated rings. The molecule has 6 N–H and O–H groups in total. The van der Waals surface area contributed by atoms with Crippen molar-refractivity contribution in [2.75, 3.05) is 13.2 Å². The third-order valence-electron chi connectivity index (χ3n) is 14.7. The fourth-order valence-corrected chi connectivity index (χ4v) is 9.42. The minimum absolute atomic E-state index is 0.0804. The summed E-state index contributed by atoms with van der Waals surface area (Å²) in [5.74, 6) is -1.26. The van der Waals surface area contributed by atoms with Gasteiger partial charge in [-0.3, -0.25) is 9.59 Å². The highest BCUT2D eigenvalue weighted by Crippen LogP contribution is 2.26. The van der Waals surface area contributed by atoms with Crippen molar-refractivity contribution < 1.29 is 49.3 Å². The monoisotopic (exact) mass is 1200 g/mol. The number of esters is 1. The van der Waals surface area contributed by atoms with Gasteiger partial charge < -0.3 is 45.1 Å². The number of aliphatic hydroxyl groups is 5. The fraction of sp³-hybridized carbons (Fsp3) is 0.627. The van der Waals surface area contributed by atoms with Gasteiger partial charge in [0.2, 0.25) is 5.91 Å². The zero-order valence-corrected chi connectivity index (χ0v) is 53.9. The quantitative estimate of drug-likeness (QED) is 0.0195. The molecule has 0 aromatic rings. The lowest BCUT2D eigenvalue weighted by atomic mass is 9.99. The van der Waals surface area contributed by atoms with Crippen molar-refractivity contribution in [3.63, 3.8) is 0 Å². The van der Waals surface area contributed by atoms with Crippen LogP contribution in [0.3, 0.4) is 0 Å². The zero-order valence-electron chi connectivity index (χ0n) is 53.9. The second-order valence-electron chi connectivity index (χ2n) is 22.4. The van der Waals surface area contributed by atoms with Gasteiger partial charge in [0.1, 0.15) is 24.4 Å². The first-order chi connectivity index (χ1) is 42.2. The summed E-state index contributed by atoms with van der Waals surface area (Å²) in [5.41, 5.74) is 0. The molecule has 8 unspecified atom stereocenters. The molecule has 1 heterocycles. The van der Waals surface area contributed by atoms with Gasteiger partial charge in [0.05, 0.1) is 25.4 Å². The van der Waals surface area contributed by atoms with Crippen molar-refractivity contribution in [3.05, 3.63) is 158 Å². The maximum atomic E-state index is 13.5. The Labute approximate surface area is 523 Å². The first-order valence-corrected chi connectivity index (χ1v) is 33.8. The summed E-state index contributed by atoms with van der Waals surface area (Å²) in [4.78, 5) is 26.6. The molecule has 1 amide bonds. The van der Waals surface area contributed by atoms with E-state index in [0.717, 1.165) is 148 Å². The van der Waals surface area contributed by atoms with Crippen LogP contribution in [0, 0.1) is 0 Å². The highest BCUT2D eigenvalue weighted by Gasteiger charge is 2.47. The maximum Gasteiger partial charge on any atom is 0.306 e. The van der Waals surface area contributed by atoms with Crippen molar-refractivity contribution >= 4 is 11.9 Å².